The van der Waals surface area contributed by atoms with Gasteiger partial charge in [0.05, 0.1) is 0 Å². The number of aromatic nitrogens is 2. The third kappa shape index (κ3) is 2.41. The lowest BCUT2D eigenvalue weighted by Crippen LogP contribution is -2.17. The first-order valence-corrected chi connectivity index (χ1v) is 6.40. The Hall–Kier alpha value is -1.16. The highest BCUT2D eigenvalue weighted by Crippen LogP contribution is 2.29. The van der Waals surface area contributed by atoms with Crippen molar-refractivity contribution in [1.29, 1.82) is 0 Å². The van der Waals surface area contributed by atoms with E-state index in [0.29, 0.717) is 18.3 Å². The van der Waals surface area contributed by atoms with Crippen LogP contribution in [-0.4, -0.2) is 16.6 Å². The molecule has 1 unspecified atom stereocenters. The number of fused-ring (bicyclic) bond motifs is 1. The summed E-state index contributed by atoms with van der Waals surface area (Å²) in [4.78, 5) is 9.06. The number of rotatable bonds is 4. The second-order valence-corrected chi connectivity index (χ2v) is 4.87. The lowest BCUT2D eigenvalue weighted by molar-refractivity contribution is 0.0232. The molecule has 0 bridgehead atoms. The van der Waals surface area contributed by atoms with Crippen LogP contribution in [0.4, 0.5) is 5.82 Å². The van der Waals surface area contributed by atoms with E-state index >= 15 is 0 Å². The Balaban J connectivity index is 2.34. The summed E-state index contributed by atoms with van der Waals surface area (Å²) in [6.07, 6.45) is 3.13. The Morgan fingerprint density at radius 1 is 1.29 bits per heavy atom. The molecule has 0 spiro atoms. The number of nitrogens with two attached hydrogens (primary N) is 1. The average molecular weight is 235 g/mol. The zero-order valence-electron chi connectivity index (χ0n) is 10.9. The van der Waals surface area contributed by atoms with E-state index < -0.39 is 0 Å². The van der Waals surface area contributed by atoms with Gasteiger partial charge in [0, 0.05) is 17.9 Å². The van der Waals surface area contributed by atoms with Crippen LogP contribution in [0, 0.1) is 5.92 Å². The smallest absolute Gasteiger partial charge is 0.160 e. The number of aryl methyl sites for hydroxylation is 1. The van der Waals surface area contributed by atoms with Crippen molar-refractivity contribution in [2.24, 2.45) is 5.92 Å². The Kier molecular flexibility index (Phi) is 3.62. The highest BCUT2D eigenvalue weighted by Gasteiger charge is 2.24. The molecule has 1 aliphatic rings. The van der Waals surface area contributed by atoms with Gasteiger partial charge < -0.3 is 10.5 Å². The van der Waals surface area contributed by atoms with Gasteiger partial charge in [0.15, 0.2) is 5.82 Å². The van der Waals surface area contributed by atoms with Crippen LogP contribution in [0.2, 0.25) is 0 Å². The van der Waals surface area contributed by atoms with E-state index in [1.54, 1.807) is 0 Å². The molecule has 0 amide bonds. The molecule has 1 aromatic rings. The van der Waals surface area contributed by atoms with Gasteiger partial charge in [-0.05, 0) is 32.1 Å². The monoisotopic (exact) mass is 235 g/mol. The van der Waals surface area contributed by atoms with Gasteiger partial charge in [-0.25, -0.2) is 9.97 Å². The Bertz CT molecular complexity index is 404. The zero-order chi connectivity index (χ0) is 12.4. The number of anilines is 1. The first-order chi connectivity index (χ1) is 8.13. The summed E-state index contributed by atoms with van der Waals surface area (Å²) in [5.74, 6) is 1.75. The lowest BCUT2D eigenvalue weighted by Gasteiger charge is -2.20. The highest BCUT2D eigenvalue weighted by atomic mass is 16.5. The predicted octanol–water partition coefficient (Wildman–Crippen LogP) is 2.28. The topological polar surface area (TPSA) is 61.0 Å². The minimum Gasteiger partial charge on any atom is -0.383 e. The zero-order valence-corrected chi connectivity index (χ0v) is 10.9. The van der Waals surface area contributed by atoms with Crippen LogP contribution in [0.5, 0.6) is 0 Å². The molecule has 0 saturated heterocycles. The van der Waals surface area contributed by atoms with Crippen molar-refractivity contribution in [1.82, 2.24) is 9.97 Å². The van der Waals surface area contributed by atoms with Gasteiger partial charge in [0.25, 0.3) is 0 Å². The van der Waals surface area contributed by atoms with E-state index in [2.05, 4.69) is 23.8 Å². The molecule has 0 saturated carbocycles. The van der Waals surface area contributed by atoms with Crippen molar-refractivity contribution in [3.63, 3.8) is 0 Å². The van der Waals surface area contributed by atoms with Crippen molar-refractivity contribution in [2.45, 2.75) is 46.1 Å². The summed E-state index contributed by atoms with van der Waals surface area (Å²) in [6, 6.07) is 0. The molecular formula is C13H21N3O. The van der Waals surface area contributed by atoms with Gasteiger partial charge in [0.1, 0.15) is 11.9 Å². The van der Waals surface area contributed by atoms with Crippen molar-refractivity contribution >= 4 is 5.82 Å². The standard InChI is InChI=1S/C13H21N3O/c1-4-17-11(8(2)3)13-15-10-7-5-6-9(10)12(14)16-13/h8,11H,4-7H2,1-3H3,(H2,14,15,16). The molecule has 1 atom stereocenters. The molecule has 1 aliphatic carbocycles. The summed E-state index contributed by atoms with van der Waals surface area (Å²) < 4.78 is 5.72. The van der Waals surface area contributed by atoms with E-state index in [4.69, 9.17) is 10.5 Å². The van der Waals surface area contributed by atoms with Crippen LogP contribution >= 0.6 is 0 Å². The van der Waals surface area contributed by atoms with Crippen LogP contribution in [0.1, 0.15) is 50.4 Å². The summed E-state index contributed by atoms with van der Waals surface area (Å²) in [7, 11) is 0. The van der Waals surface area contributed by atoms with Crippen molar-refractivity contribution in [3.8, 4) is 0 Å². The fourth-order valence-corrected chi connectivity index (χ4v) is 2.35. The number of ether oxygens (including phenoxy) is 1. The summed E-state index contributed by atoms with van der Waals surface area (Å²) >= 11 is 0. The molecule has 0 aliphatic heterocycles. The maximum absolute atomic E-state index is 6.00. The predicted molar refractivity (Wildman–Crippen MR) is 67.7 cm³/mol. The van der Waals surface area contributed by atoms with E-state index in [-0.39, 0.29) is 6.10 Å². The third-order valence-corrected chi connectivity index (χ3v) is 3.19. The summed E-state index contributed by atoms with van der Waals surface area (Å²) in [6.45, 7) is 6.90. The Morgan fingerprint density at radius 3 is 2.71 bits per heavy atom. The number of hydrogen-bond acceptors (Lipinski definition) is 4. The molecule has 2 rings (SSSR count). The van der Waals surface area contributed by atoms with Gasteiger partial charge in [-0.1, -0.05) is 13.8 Å². The molecule has 1 aromatic heterocycles. The fourth-order valence-electron chi connectivity index (χ4n) is 2.35. The largest absolute Gasteiger partial charge is 0.383 e. The minimum absolute atomic E-state index is 0.0480. The highest BCUT2D eigenvalue weighted by molar-refractivity contribution is 5.44. The lowest BCUT2D eigenvalue weighted by atomic mass is 10.1. The third-order valence-electron chi connectivity index (χ3n) is 3.19. The van der Waals surface area contributed by atoms with Crippen LogP contribution in [0.25, 0.3) is 0 Å². The fraction of sp³-hybridized carbons (Fsp3) is 0.692. The van der Waals surface area contributed by atoms with Crippen molar-refractivity contribution in [3.05, 3.63) is 17.1 Å². The van der Waals surface area contributed by atoms with E-state index in [1.807, 2.05) is 6.92 Å². The first kappa shape index (κ1) is 12.3. The van der Waals surface area contributed by atoms with E-state index in [1.165, 1.54) is 0 Å². The molecule has 0 radical (unpaired) electrons. The maximum atomic E-state index is 6.00. The maximum Gasteiger partial charge on any atom is 0.160 e. The van der Waals surface area contributed by atoms with Crippen LogP contribution < -0.4 is 5.73 Å². The van der Waals surface area contributed by atoms with Crippen LogP contribution in [0.3, 0.4) is 0 Å². The first-order valence-electron chi connectivity index (χ1n) is 6.40. The number of nitrogens with zero attached hydrogens (tertiary/aromatic N) is 2. The molecule has 2 N–H and O–H groups in total. The van der Waals surface area contributed by atoms with Crippen LogP contribution in [0.15, 0.2) is 0 Å². The summed E-state index contributed by atoms with van der Waals surface area (Å²) in [5.41, 5.74) is 8.27. The SMILES string of the molecule is CCOC(c1nc(N)c2c(n1)CCC2)C(C)C. The molecule has 4 heteroatoms. The molecule has 0 aromatic carbocycles. The summed E-state index contributed by atoms with van der Waals surface area (Å²) in [5, 5.41) is 0. The van der Waals surface area contributed by atoms with E-state index in [0.717, 1.165) is 36.3 Å². The normalized spacial score (nSPS) is 16.2. The molecular weight excluding hydrogens is 214 g/mol. The van der Waals surface area contributed by atoms with Gasteiger partial charge in [-0.15, -0.1) is 0 Å². The van der Waals surface area contributed by atoms with Crippen molar-refractivity contribution < 1.29 is 4.74 Å². The van der Waals surface area contributed by atoms with Gasteiger partial charge in [0.2, 0.25) is 0 Å². The second kappa shape index (κ2) is 5.00. The Morgan fingerprint density at radius 2 is 2.06 bits per heavy atom. The number of nitrogen functional groups attached to an aromatic ring is 1. The molecule has 94 valence electrons. The molecule has 0 fully saturated rings. The second-order valence-electron chi connectivity index (χ2n) is 4.87. The number of hydrogen-bond donors (Lipinski definition) is 1. The molecule has 4 nitrogen and oxygen atoms in total. The molecule has 17 heavy (non-hydrogen) atoms. The van der Waals surface area contributed by atoms with Gasteiger partial charge >= 0.3 is 0 Å². The van der Waals surface area contributed by atoms with Gasteiger partial charge in [-0.2, -0.15) is 0 Å². The van der Waals surface area contributed by atoms with Crippen molar-refractivity contribution in [2.75, 3.05) is 12.3 Å². The average Bonchev–Trinajstić information content (AvgIpc) is 2.73. The minimum atomic E-state index is -0.0480. The van der Waals surface area contributed by atoms with E-state index in [9.17, 15) is 0 Å². The quantitative estimate of drug-likeness (QED) is 0.869. The van der Waals surface area contributed by atoms with Gasteiger partial charge in [-0.3, -0.25) is 0 Å². The van der Waals surface area contributed by atoms with Crippen LogP contribution in [-0.2, 0) is 17.6 Å². The molecule has 1 heterocycles. The Labute approximate surface area is 103 Å².